The molecule has 0 aromatic heterocycles. The third-order valence-corrected chi connectivity index (χ3v) is 3.64. The van der Waals surface area contributed by atoms with Crippen molar-refractivity contribution in [3.05, 3.63) is 70.0 Å². The fraction of sp³-hybridized carbons (Fsp3) is 0.235. The molecular formula is C17H15FN2O4. The largest absolute Gasteiger partial charge is 0.476 e. The average molecular weight is 330 g/mol. The summed E-state index contributed by atoms with van der Waals surface area (Å²) >= 11 is 0. The molecule has 1 aliphatic carbocycles. The van der Waals surface area contributed by atoms with Gasteiger partial charge in [-0.1, -0.05) is 12.1 Å². The van der Waals surface area contributed by atoms with E-state index in [4.69, 9.17) is 4.74 Å². The fourth-order valence-electron chi connectivity index (χ4n) is 2.20. The summed E-state index contributed by atoms with van der Waals surface area (Å²) in [5, 5.41) is 13.5. The number of carbonyl (C=O) groups excluding carboxylic acids is 1. The minimum atomic E-state index is -0.951. The maximum Gasteiger partial charge on any atom is 0.269 e. The van der Waals surface area contributed by atoms with Crippen molar-refractivity contribution >= 4 is 11.6 Å². The molecule has 1 N–H and O–H groups in total. The molecule has 1 amide bonds. The van der Waals surface area contributed by atoms with Crippen molar-refractivity contribution in [2.45, 2.75) is 25.0 Å². The van der Waals surface area contributed by atoms with E-state index in [9.17, 15) is 19.3 Å². The Labute approximate surface area is 137 Å². The number of amides is 1. The van der Waals surface area contributed by atoms with E-state index in [1.807, 2.05) is 0 Å². The molecule has 0 spiro atoms. The smallest absolute Gasteiger partial charge is 0.269 e. The minimum Gasteiger partial charge on any atom is -0.476 e. The predicted octanol–water partition coefficient (Wildman–Crippen LogP) is 3.13. The normalized spacial score (nSPS) is 14.7. The molecule has 2 aromatic carbocycles. The topological polar surface area (TPSA) is 81.5 Å². The lowest BCUT2D eigenvalue weighted by Crippen LogP contribution is -2.33. The Morgan fingerprint density at radius 2 is 1.79 bits per heavy atom. The zero-order valence-electron chi connectivity index (χ0n) is 12.6. The molecule has 2 aromatic rings. The van der Waals surface area contributed by atoms with E-state index in [2.05, 4.69) is 5.32 Å². The third kappa shape index (κ3) is 3.87. The maximum atomic E-state index is 13.1. The molecule has 0 saturated heterocycles. The summed E-state index contributed by atoms with van der Waals surface area (Å²) in [7, 11) is 0. The minimum absolute atomic E-state index is 0.0666. The molecule has 24 heavy (non-hydrogen) atoms. The molecule has 0 bridgehead atoms. The van der Waals surface area contributed by atoms with Crippen LogP contribution < -0.4 is 10.1 Å². The monoisotopic (exact) mass is 330 g/mol. The predicted molar refractivity (Wildman–Crippen MR) is 84.0 cm³/mol. The van der Waals surface area contributed by atoms with Gasteiger partial charge in [0.2, 0.25) is 6.10 Å². The Morgan fingerprint density at radius 3 is 2.33 bits per heavy atom. The summed E-state index contributed by atoms with van der Waals surface area (Å²) in [4.78, 5) is 22.6. The zero-order valence-corrected chi connectivity index (χ0v) is 12.6. The van der Waals surface area contributed by atoms with Gasteiger partial charge >= 0.3 is 0 Å². The van der Waals surface area contributed by atoms with E-state index in [-0.39, 0.29) is 17.6 Å². The third-order valence-electron chi connectivity index (χ3n) is 3.64. The van der Waals surface area contributed by atoms with Crippen LogP contribution in [0.25, 0.3) is 0 Å². The Bertz CT molecular complexity index is 742. The zero-order chi connectivity index (χ0) is 17.1. The SMILES string of the molecule is O=C(NC1CC1)[C@H](Oc1ccc([N+](=O)[O-])cc1)c1ccc(F)cc1. The summed E-state index contributed by atoms with van der Waals surface area (Å²) < 4.78 is 18.8. The van der Waals surface area contributed by atoms with Gasteiger partial charge in [0.25, 0.3) is 11.6 Å². The number of nitro groups is 1. The Hall–Kier alpha value is -2.96. The molecule has 1 fully saturated rings. The van der Waals surface area contributed by atoms with Gasteiger partial charge in [-0.05, 0) is 37.1 Å². The van der Waals surface area contributed by atoms with Crippen LogP contribution in [0.2, 0.25) is 0 Å². The van der Waals surface area contributed by atoms with Gasteiger partial charge < -0.3 is 10.1 Å². The Balaban J connectivity index is 1.81. The second kappa shape index (κ2) is 6.66. The quantitative estimate of drug-likeness (QED) is 0.652. The lowest BCUT2D eigenvalue weighted by atomic mass is 10.1. The lowest BCUT2D eigenvalue weighted by Gasteiger charge is -2.19. The van der Waals surface area contributed by atoms with Crippen molar-refractivity contribution in [1.82, 2.24) is 5.32 Å². The molecule has 1 atom stereocenters. The van der Waals surface area contributed by atoms with Gasteiger partial charge in [0.1, 0.15) is 11.6 Å². The Kier molecular flexibility index (Phi) is 4.41. The molecule has 0 unspecified atom stereocenters. The van der Waals surface area contributed by atoms with Gasteiger partial charge in [-0.2, -0.15) is 0 Å². The van der Waals surface area contributed by atoms with Gasteiger partial charge in [0.15, 0.2) is 0 Å². The summed E-state index contributed by atoms with van der Waals surface area (Å²) in [6.07, 6.45) is 0.909. The van der Waals surface area contributed by atoms with Crippen LogP contribution in [0, 0.1) is 15.9 Å². The van der Waals surface area contributed by atoms with Crippen molar-refractivity contribution < 1.29 is 18.8 Å². The van der Waals surface area contributed by atoms with Crippen LogP contribution >= 0.6 is 0 Å². The average Bonchev–Trinajstić information content (AvgIpc) is 3.38. The van der Waals surface area contributed by atoms with Crippen LogP contribution in [0.4, 0.5) is 10.1 Å². The van der Waals surface area contributed by atoms with E-state index < -0.39 is 16.8 Å². The number of hydrogen-bond donors (Lipinski definition) is 1. The van der Waals surface area contributed by atoms with Crippen molar-refractivity contribution in [2.24, 2.45) is 0 Å². The highest BCUT2D eigenvalue weighted by atomic mass is 19.1. The number of nitrogens with one attached hydrogen (secondary N) is 1. The standard InChI is InChI=1S/C17H15FN2O4/c18-12-3-1-11(2-4-12)16(17(21)19-13-5-6-13)24-15-9-7-14(8-10-15)20(22)23/h1-4,7-10,13,16H,5-6H2,(H,19,21)/t16-/m1/s1. The van der Waals surface area contributed by atoms with Gasteiger partial charge in [-0.25, -0.2) is 4.39 Å². The second-order valence-corrected chi connectivity index (χ2v) is 5.58. The van der Waals surface area contributed by atoms with Crippen molar-refractivity contribution in [2.75, 3.05) is 0 Å². The molecule has 1 saturated carbocycles. The second-order valence-electron chi connectivity index (χ2n) is 5.58. The molecule has 0 aliphatic heterocycles. The van der Waals surface area contributed by atoms with Crippen LogP contribution in [0.3, 0.4) is 0 Å². The van der Waals surface area contributed by atoms with Gasteiger partial charge in [-0.15, -0.1) is 0 Å². The summed E-state index contributed by atoms with van der Waals surface area (Å²) in [5.74, 6) is -0.404. The first-order valence-electron chi connectivity index (χ1n) is 7.50. The number of rotatable bonds is 6. The molecule has 3 rings (SSSR count). The van der Waals surface area contributed by atoms with E-state index in [1.54, 1.807) is 0 Å². The van der Waals surface area contributed by atoms with Crippen LogP contribution in [0.5, 0.6) is 5.75 Å². The lowest BCUT2D eigenvalue weighted by molar-refractivity contribution is -0.384. The van der Waals surface area contributed by atoms with Crippen molar-refractivity contribution in [3.63, 3.8) is 0 Å². The van der Waals surface area contributed by atoms with Gasteiger partial charge in [0, 0.05) is 23.7 Å². The van der Waals surface area contributed by atoms with Crippen molar-refractivity contribution in [3.8, 4) is 5.75 Å². The number of non-ortho nitro benzene ring substituents is 1. The molecule has 6 nitrogen and oxygen atoms in total. The van der Waals surface area contributed by atoms with E-state index in [0.29, 0.717) is 11.3 Å². The maximum absolute atomic E-state index is 13.1. The van der Waals surface area contributed by atoms with Gasteiger partial charge in [0.05, 0.1) is 4.92 Å². The summed E-state index contributed by atoms with van der Waals surface area (Å²) in [6.45, 7) is 0. The number of ether oxygens (including phenoxy) is 1. The van der Waals surface area contributed by atoms with Crippen LogP contribution in [0.1, 0.15) is 24.5 Å². The molecule has 0 radical (unpaired) electrons. The first-order valence-corrected chi connectivity index (χ1v) is 7.50. The molecular weight excluding hydrogens is 315 g/mol. The van der Waals surface area contributed by atoms with E-state index >= 15 is 0 Å². The van der Waals surface area contributed by atoms with Crippen LogP contribution in [-0.4, -0.2) is 16.9 Å². The molecule has 124 valence electrons. The van der Waals surface area contributed by atoms with Crippen LogP contribution in [-0.2, 0) is 4.79 Å². The highest BCUT2D eigenvalue weighted by molar-refractivity contribution is 5.83. The number of nitro benzene ring substituents is 1. The fourth-order valence-corrected chi connectivity index (χ4v) is 2.20. The highest BCUT2D eigenvalue weighted by Gasteiger charge is 2.29. The first-order chi connectivity index (χ1) is 11.5. The number of nitrogens with zero attached hydrogens (tertiary/aromatic N) is 1. The summed E-state index contributed by atoms with van der Waals surface area (Å²) in [6, 6.07) is 11.1. The Morgan fingerprint density at radius 1 is 1.17 bits per heavy atom. The van der Waals surface area contributed by atoms with E-state index in [0.717, 1.165) is 12.8 Å². The van der Waals surface area contributed by atoms with E-state index in [1.165, 1.54) is 48.5 Å². The molecule has 1 aliphatic rings. The van der Waals surface area contributed by atoms with Crippen LogP contribution in [0.15, 0.2) is 48.5 Å². The first kappa shape index (κ1) is 15.9. The summed E-state index contributed by atoms with van der Waals surface area (Å²) in [5.41, 5.74) is 0.441. The number of benzene rings is 2. The molecule has 0 heterocycles. The number of hydrogen-bond acceptors (Lipinski definition) is 4. The van der Waals surface area contributed by atoms with Crippen molar-refractivity contribution in [1.29, 1.82) is 0 Å². The molecule has 7 heteroatoms. The highest BCUT2D eigenvalue weighted by Crippen LogP contribution is 2.26. The number of halogens is 1. The van der Waals surface area contributed by atoms with Gasteiger partial charge in [-0.3, -0.25) is 14.9 Å². The number of carbonyl (C=O) groups is 1.